The molecule has 2 heterocycles. The molecule has 0 aliphatic rings. The zero-order valence-corrected chi connectivity index (χ0v) is 19.9. The lowest BCUT2D eigenvalue weighted by Gasteiger charge is -2.23. The van der Waals surface area contributed by atoms with E-state index in [1.54, 1.807) is 0 Å². The van der Waals surface area contributed by atoms with Gasteiger partial charge in [-0.2, -0.15) is 0 Å². The second kappa shape index (κ2) is 12.0. The summed E-state index contributed by atoms with van der Waals surface area (Å²) in [6, 6.07) is 18.2. The fraction of sp³-hybridized carbons (Fsp3) is 0.393. The molecular formula is C28H37N3O3. The van der Waals surface area contributed by atoms with Crippen LogP contribution < -0.4 is 0 Å². The molecule has 1 N–H and O–H groups in total. The van der Waals surface area contributed by atoms with Gasteiger partial charge in [0.1, 0.15) is 18.9 Å². The quantitative estimate of drug-likeness (QED) is 0.145. The standard InChI is InChI=1S/C27H33N3O3.CH4/c1-5-19(2)15-25(30(3)4)27-29-24(18-32-31-17-20-11-7-6-8-12-20)26(33-27)22-16-28-23-14-10-9-13-21(22)23;/h6-14,16,19,25,28H,5,15,17-18H2,1-4H3;1H4/t19-,25?;/m1./s1. The summed E-state index contributed by atoms with van der Waals surface area (Å²) in [6.45, 7) is 5.06. The van der Waals surface area contributed by atoms with E-state index in [1.807, 2.05) is 48.7 Å². The normalized spacial score (nSPS) is 13.2. The molecule has 0 radical (unpaired) electrons. The highest BCUT2D eigenvalue weighted by Crippen LogP contribution is 2.36. The van der Waals surface area contributed by atoms with Gasteiger partial charge in [-0.3, -0.25) is 4.90 Å². The van der Waals surface area contributed by atoms with Crippen LogP contribution in [0, 0.1) is 5.92 Å². The maximum atomic E-state index is 6.44. The number of fused-ring (bicyclic) bond motifs is 1. The first-order valence-corrected chi connectivity index (χ1v) is 11.6. The molecule has 2 atom stereocenters. The predicted molar refractivity (Wildman–Crippen MR) is 137 cm³/mol. The first-order chi connectivity index (χ1) is 16.1. The topological polar surface area (TPSA) is 63.5 Å². The van der Waals surface area contributed by atoms with Crippen LogP contribution in [0.4, 0.5) is 0 Å². The third-order valence-electron chi connectivity index (χ3n) is 6.13. The van der Waals surface area contributed by atoms with E-state index in [9.17, 15) is 0 Å². The Kier molecular flexibility index (Phi) is 9.05. The van der Waals surface area contributed by atoms with Gasteiger partial charge in [0, 0.05) is 22.7 Å². The number of benzene rings is 2. The number of hydrogen-bond acceptors (Lipinski definition) is 5. The molecule has 0 aliphatic heterocycles. The summed E-state index contributed by atoms with van der Waals surface area (Å²) in [5, 5.41) is 1.09. The molecule has 0 amide bonds. The lowest BCUT2D eigenvalue weighted by Crippen LogP contribution is -2.22. The van der Waals surface area contributed by atoms with Crippen molar-refractivity contribution in [2.75, 3.05) is 14.1 Å². The maximum absolute atomic E-state index is 6.44. The number of aromatic nitrogens is 2. The molecule has 0 bridgehead atoms. The molecule has 182 valence electrons. The molecule has 2 aromatic heterocycles. The number of nitrogens with zero attached hydrogens (tertiary/aromatic N) is 2. The number of nitrogens with one attached hydrogen (secondary N) is 1. The van der Waals surface area contributed by atoms with Crippen LogP contribution in [-0.4, -0.2) is 29.0 Å². The monoisotopic (exact) mass is 463 g/mol. The van der Waals surface area contributed by atoms with Gasteiger partial charge in [0.15, 0.2) is 5.76 Å². The Labute approximate surface area is 202 Å². The van der Waals surface area contributed by atoms with Crippen LogP contribution in [0.25, 0.3) is 22.2 Å². The lowest BCUT2D eigenvalue weighted by atomic mass is 9.98. The molecular weight excluding hydrogens is 426 g/mol. The highest BCUT2D eigenvalue weighted by molar-refractivity contribution is 5.94. The second-order valence-corrected chi connectivity index (χ2v) is 8.81. The summed E-state index contributed by atoms with van der Waals surface area (Å²) in [4.78, 5) is 21.5. The van der Waals surface area contributed by atoms with Gasteiger partial charge < -0.3 is 9.40 Å². The minimum atomic E-state index is 0. The first kappa shape index (κ1) is 25.7. The van der Waals surface area contributed by atoms with Crippen LogP contribution in [0.3, 0.4) is 0 Å². The molecule has 0 saturated heterocycles. The molecule has 0 saturated carbocycles. The van der Waals surface area contributed by atoms with Gasteiger partial charge in [-0.15, -0.1) is 0 Å². The lowest BCUT2D eigenvalue weighted by molar-refractivity contribution is -0.313. The molecule has 0 aliphatic carbocycles. The van der Waals surface area contributed by atoms with Crippen molar-refractivity contribution in [3.05, 3.63) is 77.9 Å². The molecule has 4 rings (SSSR count). The van der Waals surface area contributed by atoms with Gasteiger partial charge in [-0.05, 0) is 38.1 Å². The van der Waals surface area contributed by atoms with Crippen molar-refractivity contribution in [3.63, 3.8) is 0 Å². The largest absolute Gasteiger partial charge is 0.439 e. The van der Waals surface area contributed by atoms with Crippen molar-refractivity contribution in [1.82, 2.24) is 14.9 Å². The summed E-state index contributed by atoms with van der Waals surface area (Å²) in [6.07, 6.45) is 4.06. The number of oxazole rings is 1. The molecule has 6 nitrogen and oxygen atoms in total. The average Bonchev–Trinajstić information content (AvgIpc) is 3.44. The number of aromatic amines is 1. The van der Waals surface area contributed by atoms with Crippen LogP contribution in [0.1, 0.15) is 57.3 Å². The number of hydrogen-bond donors (Lipinski definition) is 1. The highest BCUT2D eigenvalue weighted by atomic mass is 17.2. The molecule has 2 aromatic carbocycles. The van der Waals surface area contributed by atoms with Gasteiger partial charge in [-0.1, -0.05) is 76.2 Å². The summed E-state index contributed by atoms with van der Waals surface area (Å²) < 4.78 is 6.44. The average molecular weight is 464 g/mol. The Balaban J connectivity index is 0.00000324. The third kappa shape index (κ3) is 5.95. The SMILES string of the molecule is C.CC[C@@H](C)CC(c1nc(COOCc2ccccc2)c(-c2c[nH]c3ccccc23)o1)N(C)C. The van der Waals surface area contributed by atoms with Crippen LogP contribution in [0.2, 0.25) is 0 Å². The van der Waals surface area contributed by atoms with Crippen molar-refractivity contribution in [2.45, 2.75) is 53.4 Å². The Bertz CT molecular complexity index is 1150. The minimum absolute atomic E-state index is 0. The van der Waals surface area contributed by atoms with Crippen LogP contribution in [0.15, 0.2) is 65.2 Å². The molecule has 0 spiro atoms. The van der Waals surface area contributed by atoms with Gasteiger partial charge in [0.05, 0.1) is 6.04 Å². The summed E-state index contributed by atoms with van der Waals surface area (Å²) >= 11 is 0. The van der Waals surface area contributed by atoms with Crippen LogP contribution in [0.5, 0.6) is 0 Å². The zero-order chi connectivity index (χ0) is 23.2. The second-order valence-electron chi connectivity index (χ2n) is 8.81. The summed E-state index contributed by atoms with van der Waals surface area (Å²) in [5.41, 5.74) is 3.82. The zero-order valence-electron chi connectivity index (χ0n) is 19.9. The van der Waals surface area contributed by atoms with E-state index in [4.69, 9.17) is 19.2 Å². The fourth-order valence-corrected chi connectivity index (χ4v) is 3.94. The van der Waals surface area contributed by atoms with Crippen molar-refractivity contribution >= 4 is 10.9 Å². The van der Waals surface area contributed by atoms with Crippen LogP contribution >= 0.6 is 0 Å². The van der Waals surface area contributed by atoms with Gasteiger partial charge in [0.2, 0.25) is 5.89 Å². The molecule has 6 heteroatoms. The first-order valence-electron chi connectivity index (χ1n) is 11.6. The fourth-order valence-electron chi connectivity index (χ4n) is 3.94. The van der Waals surface area contributed by atoms with E-state index in [1.165, 1.54) is 0 Å². The van der Waals surface area contributed by atoms with Crippen LogP contribution in [-0.2, 0) is 23.0 Å². The predicted octanol–water partition coefficient (Wildman–Crippen LogP) is 7.15. The Hall–Kier alpha value is -2.93. The minimum Gasteiger partial charge on any atom is -0.439 e. The number of para-hydroxylation sites is 1. The molecule has 1 unspecified atom stereocenters. The molecule has 4 aromatic rings. The van der Waals surface area contributed by atoms with E-state index in [0.717, 1.165) is 46.3 Å². The Morgan fingerprint density at radius 2 is 1.71 bits per heavy atom. The van der Waals surface area contributed by atoms with E-state index in [0.29, 0.717) is 18.4 Å². The van der Waals surface area contributed by atoms with E-state index >= 15 is 0 Å². The number of rotatable bonds is 11. The summed E-state index contributed by atoms with van der Waals surface area (Å²) in [7, 11) is 4.14. The van der Waals surface area contributed by atoms with Crippen molar-refractivity contribution in [3.8, 4) is 11.3 Å². The molecule has 0 fully saturated rings. The Morgan fingerprint density at radius 1 is 1.00 bits per heavy atom. The molecule has 34 heavy (non-hydrogen) atoms. The van der Waals surface area contributed by atoms with E-state index < -0.39 is 0 Å². The van der Waals surface area contributed by atoms with Gasteiger partial charge in [-0.25, -0.2) is 14.8 Å². The van der Waals surface area contributed by atoms with E-state index in [2.05, 4.69) is 50.0 Å². The van der Waals surface area contributed by atoms with Crippen molar-refractivity contribution in [1.29, 1.82) is 0 Å². The highest BCUT2D eigenvalue weighted by Gasteiger charge is 2.26. The smallest absolute Gasteiger partial charge is 0.212 e. The maximum Gasteiger partial charge on any atom is 0.212 e. The van der Waals surface area contributed by atoms with Gasteiger partial charge >= 0.3 is 0 Å². The number of H-pyrrole nitrogens is 1. The van der Waals surface area contributed by atoms with Crippen molar-refractivity contribution < 1.29 is 14.2 Å². The van der Waals surface area contributed by atoms with Crippen molar-refractivity contribution in [2.24, 2.45) is 5.92 Å². The summed E-state index contributed by atoms with van der Waals surface area (Å²) in [5.74, 6) is 2.00. The third-order valence-corrected chi connectivity index (χ3v) is 6.13. The van der Waals surface area contributed by atoms with Gasteiger partial charge in [0.25, 0.3) is 0 Å². The Morgan fingerprint density at radius 3 is 2.44 bits per heavy atom. The van der Waals surface area contributed by atoms with E-state index in [-0.39, 0.29) is 20.1 Å².